The fraction of sp³-hybridized carbons (Fsp3) is 0.286. The highest BCUT2D eigenvalue weighted by Crippen LogP contribution is 2.21. The summed E-state index contributed by atoms with van der Waals surface area (Å²) in [7, 11) is 0. The summed E-state index contributed by atoms with van der Waals surface area (Å²) in [6, 6.07) is 6.17. The Morgan fingerprint density at radius 3 is 2.80 bits per heavy atom. The van der Waals surface area contributed by atoms with Crippen LogP contribution in [0.3, 0.4) is 0 Å². The van der Waals surface area contributed by atoms with E-state index in [1.807, 2.05) is 0 Å². The van der Waals surface area contributed by atoms with E-state index in [0.29, 0.717) is 11.6 Å². The maximum absolute atomic E-state index is 12.8. The number of amides is 1. The summed E-state index contributed by atoms with van der Waals surface area (Å²) < 4.78 is 12.8. The third kappa shape index (κ3) is 4.40. The monoisotopic (exact) mass is 293 g/mol. The van der Waals surface area contributed by atoms with Gasteiger partial charge >= 0.3 is 0 Å². The Morgan fingerprint density at radius 2 is 2.15 bits per heavy atom. The smallest absolute Gasteiger partial charge is 0.227 e. The van der Waals surface area contributed by atoms with Crippen molar-refractivity contribution in [2.45, 2.75) is 25.8 Å². The lowest BCUT2D eigenvalue weighted by Crippen LogP contribution is -2.23. The lowest BCUT2D eigenvalue weighted by Gasteiger charge is -2.03. The molecular weight excluding hydrogens is 277 g/mol. The molecular formula is C14H16FN3OS. The molecule has 3 N–H and O–H groups in total. The van der Waals surface area contributed by atoms with Crippen LogP contribution in [0.15, 0.2) is 30.5 Å². The number of nitrogens with one attached hydrogen (secondary N) is 1. The molecule has 0 bridgehead atoms. The van der Waals surface area contributed by atoms with Crippen LogP contribution in [-0.2, 0) is 11.2 Å². The van der Waals surface area contributed by atoms with Crippen molar-refractivity contribution in [3.63, 3.8) is 0 Å². The summed E-state index contributed by atoms with van der Waals surface area (Å²) in [6.45, 7) is 1.78. The minimum absolute atomic E-state index is 0.136. The van der Waals surface area contributed by atoms with Crippen LogP contribution in [0.2, 0.25) is 0 Å². The highest BCUT2D eigenvalue weighted by Gasteiger charge is 2.09. The van der Waals surface area contributed by atoms with Crippen LogP contribution in [0, 0.1) is 5.82 Å². The van der Waals surface area contributed by atoms with E-state index < -0.39 is 0 Å². The van der Waals surface area contributed by atoms with Gasteiger partial charge in [-0.15, -0.1) is 11.3 Å². The predicted molar refractivity (Wildman–Crippen MR) is 78.2 cm³/mol. The molecule has 1 unspecified atom stereocenters. The van der Waals surface area contributed by atoms with Gasteiger partial charge in [0.05, 0.1) is 0 Å². The Morgan fingerprint density at radius 1 is 1.45 bits per heavy atom. The fourth-order valence-electron chi connectivity index (χ4n) is 1.71. The highest BCUT2D eigenvalue weighted by atomic mass is 32.1. The molecule has 6 heteroatoms. The van der Waals surface area contributed by atoms with Crippen LogP contribution in [0.25, 0.3) is 0 Å². The van der Waals surface area contributed by atoms with E-state index in [2.05, 4.69) is 10.3 Å². The summed E-state index contributed by atoms with van der Waals surface area (Å²) >= 11 is 1.41. The maximum atomic E-state index is 12.8. The van der Waals surface area contributed by atoms with Crippen LogP contribution in [0.5, 0.6) is 0 Å². The van der Waals surface area contributed by atoms with Crippen molar-refractivity contribution < 1.29 is 9.18 Å². The molecule has 0 saturated carbocycles. The zero-order chi connectivity index (χ0) is 14.5. The average Bonchev–Trinajstić information content (AvgIpc) is 2.78. The Balaban J connectivity index is 1.95. The molecule has 1 atom stereocenters. The van der Waals surface area contributed by atoms with Gasteiger partial charge in [0.25, 0.3) is 0 Å². The van der Waals surface area contributed by atoms with Crippen molar-refractivity contribution in [2.24, 2.45) is 5.73 Å². The average molecular weight is 293 g/mol. The number of benzene rings is 1. The number of aromatic nitrogens is 1. The van der Waals surface area contributed by atoms with E-state index in [-0.39, 0.29) is 24.2 Å². The first-order valence-corrected chi connectivity index (χ1v) is 7.09. The zero-order valence-corrected chi connectivity index (χ0v) is 11.9. The minimum Gasteiger partial charge on any atom is -0.327 e. The number of thiazole rings is 1. The molecule has 0 aliphatic carbocycles. The van der Waals surface area contributed by atoms with E-state index in [1.165, 1.54) is 23.5 Å². The van der Waals surface area contributed by atoms with Gasteiger partial charge in [0.1, 0.15) is 5.82 Å². The number of rotatable bonds is 5. The van der Waals surface area contributed by atoms with Gasteiger partial charge in [-0.1, -0.05) is 12.1 Å². The molecule has 0 radical (unpaired) electrons. The molecule has 106 valence electrons. The maximum Gasteiger partial charge on any atom is 0.227 e. The Hall–Kier alpha value is -1.79. The van der Waals surface area contributed by atoms with Gasteiger partial charge in [-0.3, -0.25) is 4.79 Å². The number of carbonyl (C=O) groups is 1. The summed E-state index contributed by atoms with van der Waals surface area (Å²) in [4.78, 5) is 16.7. The molecule has 1 heterocycles. The molecule has 2 rings (SSSR count). The Labute approximate surface area is 120 Å². The van der Waals surface area contributed by atoms with Crippen molar-refractivity contribution in [3.05, 3.63) is 46.7 Å². The quantitative estimate of drug-likeness (QED) is 0.890. The summed E-state index contributed by atoms with van der Waals surface area (Å²) in [6.07, 6.45) is 2.66. The highest BCUT2D eigenvalue weighted by molar-refractivity contribution is 7.15. The normalized spacial score (nSPS) is 12.2. The second-order valence-corrected chi connectivity index (χ2v) is 5.78. The molecule has 0 aliphatic heterocycles. The topological polar surface area (TPSA) is 68.0 Å². The molecule has 0 saturated heterocycles. The van der Waals surface area contributed by atoms with Crippen LogP contribution in [-0.4, -0.2) is 16.9 Å². The molecule has 0 spiro atoms. The Kier molecular flexibility index (Phi) is 4.81. The van der Waals surface area contributed by atoms with Gasteiger partial charge in [0.2, 0.25) is 5.91 Å². The number of hydrogen-bond donors (Lipinski definition) is 2. The number of halogens is 1. The molecule has 1 amide bonds. The largest absolute Gasteiger partial charge is 0.327 e. The zero-order valence-electron chi connectivity index (χ0n) is 11.1. The number of carbonyl (C=O) groups excluding carboxylic acids is 1. The van der Waals surface area contributed by atoms with Crippen LogP contribution in [0.1, 0.15) is 23.8 Å². The second kappa shape index (κ2) is 6.58. The van der Waals surface area contributed by atoms with Gasteiger partial charge in [-0.25, -0.2) is 9.37 Å². The van der Waals surface area contributed by atoms with Gasteiger partial charge in [-0.05, 0) is 24.6 Å². The standard InChI is InChI=1S/C14H16FN3OS/c1-9(16)6-13(19)18-14-17-8-12(20-14)7-10-2-4-11(15)5-3-10/h2-5,8-9H,6-7,16H2,1H3,(H,17,18,19). The van der Waals surface area contributed by atoms with Gasteiger partial charge in [-0.2, -0.15) is 0 Å². The lowest BCUT2D eigenvalue weighted by atomic mass is 10.1. The first kappa shape index (κ1) is 14.6. The molecule has 20 heavy (non-hydrogen) atoms. The summed E-state index contributed by atoms with van der Waals surface area (Å²) in [5.41, 5.74) is 6.56. The fourth-order valence-corrected chi connectivity index (χ4v) is 2.58. The summed E-state index contributed by atoms with van der Waals surface area (Å²) in [5, 5.41) is 3.28. The number of nitrogens with zero attached hydrogens (tertiary/aromatic N) is 1. The molecule has 2 aromatic rings. The van der Waals surface area contributed by atoms with E-state index >= 15 is 0 Å². The van der Waals surface area contributed by atoms with Gasteiger partial charge in [0, 0.05) is 30.0 Å². The van der Waals surface area contributed by atoms with Gasteiger partial charge in [0.15, 0.2) is 5.13 Å². The first-order valence-electron chi connectivity index (χ1n) is 6.27. The second-order valence-electron chi connectivity index (χ2n) is 4.66. The SMILES string of the molecule is CC(N)CC(=O)Nc1ncc(Cc2ccc(F)cc2)s1. The van der Waals surface area contributed by atoms with E-state index in [4.69, 9.17) is 5.73 Å². The minimum atomic E-state index is -0.248. The van der Waals surface area contributed by atoms with E-state index in [0.717, 1.165) is 10.4 Å². The molecule has 1 aromatic carbocycles. The van der Waals surface area contributed by atoms with Crippen LogP contribution < -0.4 is 11.1 Å². The van der Waals surface area contributed by atoms with Crippen molar-refractivity contribution in [1.82, 2.24) is 4.98 Å². The van der Waals surface area contributed by atoms with Crippen molar-refractivity contribution in [2.75, 3.05) is 5.32 Å². The third-order valence-corrected chi connectivity index (χ3v) is 3.51. The lowest BCUT2D eigenvalue weighted by molar-refractivity contribution is -0.116. The van der Waals surface area contributed by atoms with E-state index in [1.54, 1.807) is 25.3 Å². The van der Waals surface area contributed by atoms with Crippen molar-refractivity contribution >= 4 is 22.4 Å². The predicted octanol–water partition coefficient (Wildman–Crippen LogP) is 2.55. The van der Waals surface area contributed by atoms with Gasteiger partial charge < -0.3 is 11.1 Å². The number of nitrogens with two attached hydrogens (primary N) is 1. The van der Waals surface area contributed by atoms with Crippen LogP contribution in [0.4, 0.5) is 9.52 Å². The van der Waals surface area contributed by atoms with Crippen molar-refractivity contribution in [3.8, 4) is 0 Å². The molecule has 4 nitrogen and oxygen atoms in total. The molecule has 0 fully saturated rings. The van der Waals surface area contributed by atoms with Crippen LogP contribution >= 0.6 is 11.3 Å². The number of anilines is 1. The Bertz CT molecular complexity index is 580. The third-order valence-electron chi connectivity index (χ3n) is 2.60. The molecule has 1 aromatic heterocycles. The molecule has 0 aliphatic rings. The summed E-state index contributed by atoms with van der Waals surface area (Å²) in [5.74, 6) is -0.385. The number of hydrogen-bond acceptors (Lipinski definition) is 4. The van der Waals surface area contributed by atoms with Crippen molar-refractivity contribution in [1.29, 1.82) is 0 Å². The first-order chi connectivity index (χ1) is 9.52. The van der Waals surface area contributed by atoms with E-state index in [9.17, 15) is 9.18 Å².